The molecule has 1 aliphatic rings. The van der Waals surface area contributed by atoms with Crippen molar-refractivity contribution in [3.05, 3.63) is 35.5 Å². The number of nitriles is 1. The number of allylic oxidation sites excluding steroid dienone is 1. The molecule has 0 aliphatic carbocycles. The van der Waals surface area contributed by atoms with Crippen LogP contribution in [0.2, 0.25) is 0 Å². The third-order valence-electron chi connectivity index (χ3n) is 4.03. The van der Waals surface area contributed by atoms with Crippen molar-refractivity contribution in [1.29, 1.82) is 5.26 Å². The summed E-state index contributed by atoms with van der Waals surface area (Å²) in [6.07, 6.45) is 2.21. The highest BCUT2D eigenvalue weighted by Gasteiger charge is 2.33. The molecule has 2 aromatic rings. The molecule has 3 heterocycles. The third kappa shape index (κ3) is 4.58. The molecule has 3 rings (SSSR count). The average Bonchev–Trinajstić information content (AvgIpc) is 3.32. The van der Waals surface area contributed by atoms with E-state index in [1.165, 1.54) is 23.1 Å². The molecule has 0 aromatic carbocycles. The maximum Gasteiger partial charge on any atom is 0.235 e. The number of carbonyl (C=O) groups is 1. The zero-order valence-corrected chi connectivity index (χ0v) is 16.7. The van der Waals surface area contributed by atoms with E-state index in [0.717, 1.165) is 0 Å². The highest BCUT2D eigenvalue weighted by atomic mass is 32.2. The Morgan fingerprint density at radius 1 is 1.56 bits per heavy atom. The molecule has 0 spiro atoms. The van der Waals surface area contributed by atoms with Gasteiger partial charge in [0.25, 0.3) is 0 Å². The maximum atomic E-state index is 12.2. The molecule has 1 unspecified atom stereocenters. The van der Waals surface area contributed by atoms with Gasteiger partial charge in [-0.25, -0.2) is 8.42 Å². The predicted molar refractivity (Wildman–Crippen MR) is 105 cm³/mol. The molecule has 1 fully saturated rings. The predicted octanol–water partition coefficient (Wildman–Crippen LogP) is 2.03. The summed E-state index contributed by atoms with van der Waals surface area (Å²) < 4.78 is 25.3. The summed E-state index contributed by atoms with van der Waals surface area (Å²) in [4.78, 5) is 12.2. The van der Waals surface area contributed by atoms with Crippen molar-refractivity contribution in [3.8, 4) is 6.07 Å². The lowest BCUT2D eigenvalue weighted by Crippen LogP contribution is -2.15. The second-order valence-corrected chi connectivity index (χ2v) is 10.0. The molecule has 1 aliphatic heterocycles. The molecular weight excluding hydrogens is 406 g/mol. The highest BCUT2D eigenvalue weighted by Crippen LogP contribution is 2.30. The molecule has 0 radical (unpaired) electrons. The number of hydrogen-bond acceptors (Lipinski definition) is 8. The smallest absolute Gasteiger partial charge is 0.235 e. The highest BCUT2D eigenvalue weighted by molar-refractivity contribution is 7.99. The Labute approximate surface area is 165 Å². The Balaban J connectivity index is 1.69. The van der Waals surface area contributed by atoms with Crippen molar-refractivity contribution in [2.45, 2.75) is 24.0 Å². The minimum absolute atomic E-state index is 0.0722. The summed E-state index contributed by atoms with van der Waals surface area (Å²) in [5, 5.41) is 22.8. The number of anilines is 1. The monoisotopic (exact) mass is 423 g/mol. The van der Waals surface area contributed by atoms with Gasteiger partial charge in [-0.15, -0.1) is 28.1 Å². The zero-order valence-electron chi connectivity index (χ0n) is 14.3. The Hall–Kier alpha value is -2.16. The van der Waals surface area contributed by atoms with Crippen molar-refractivity contribution in [2.75, 3.05) is 22.6 Å². The van der Waals surface area contributed by atoms with Gasteiger partial charge in [0.05, 0.1) is 22.8 Å². The first-order valence-electron chi connectivity index (χ1n) is 8.08. The number of nitrogens with one attached hydrogen (secondary N) is 1. The second-order valence-electron chi connectivity index (χ2n) is 5.95. The van der Waals surface area contributed by atoms with Crippen LogP contribution in [0.5, 0.6) is 0 Å². The summed E-state index contributed by atoms with van der Waals surface area (Å²) in [6, 6.07) is 3.67. The average molecular weight is 424 g/mol. The van der Waals surface area contributed by atoms with Crippen LogP contribution in [-0.2, 0) is 21.2 Å². The Morgan fingerprint density at radius 2 is 2.37 bits per heavy atom. The van der Waals surface area contributed by atoms with Gasteiger partial charge in [-0.05, 0) is 17.9 Å². The Morgan fingerprint density at radius 3 is 3.04 bits per heavy atom. The van der Waals surface area contributed by atoms with Gasteiger partial charge >= 0.3 is 0 Å². The van der Waals surface area contributed by atoms with Crippen molar-refractivity contribution in [1.82, 2.24) is 14.8 Å². The Bertz CT molecular complexity index is 1000. The van der Waals surface area contributed by atoms with Gasteiger partial charge in [0.15, 0.2) is 15.0 Å². The van der Waals surface area contributed by atoms with E-state index < -0.39 is 9.84 Å². The first-order chi connectivity index (χ1) is 12.9. The summed E-state index contributed by atoms with van der Waals surface area (Å²) in [5.74, 6) is 0.505. The van der Waals surface area contributed by atoms with Crippen molar-refractivity contribution in [2.24, 2.45) is 0 Å². The molecular formula is C16H17N5O3S3. The molecule has 0 saturated carbocycles. The van der Waals surface area contributed by atoms with Crippen molar-refractivity contribution >= 4 is 43.8 Å². The summed E-state index contributed by atoms with van der Waals surface area (Å²) >= 11 is 2.50. The van der Waals surface area contributed by atoms with E-state index in [1.807, 2.05) is 10.6 Å². The normalized spacial score (nSPS) is 18.1. The fraction of sp³-hybridized carbons (Fsp3) is 0.375. The third-order valence-corrected chi connectivity index (χ3v) is 7.59. The van der Waals surface area contributed by atoms with E-state index >= 15 is 0 Å². The number of rotatable bonds is 7. The quantitative estimate of drug-likeness (QED) is 0.535. The molecule has 1 atom stereocenters. The van der Waals surface area contributed by atoms with Crippen LogP contribution < -0.4 is 5.32 Å². The van der Waals surface area contributed by atoms with Crippen molar-refractivity contribution in [3.63, 3.8) is 0 Å². The van der Waals surface area contributed by atoms with Crippen LogP contribution in [-0.4, -0.2) is 46.3 Å². The molecule has 142 valence electrons. The summed E-state index contributed by atoms with van der Waals surface area (Å²) in [6.45, 7) is 4.16. The van der Waals surface area contributed by atoms with Crippen LogP contribution in [0.4, 0.5) is 5.00 Å². The topological polar surface area (TPSA) is 118 Å². The van der Waals surface area contributed by atoms with Crippen molar-refractivity contribution < 1.29 is 13.2 Å². The number of hydrogen-bond donors (Lipinski definition) is 1. The minimum atomic E-state index is -3.03. The van der Waals surface area contributed by atoms with E-state index in [2.05, 4.69) is 22.1 Å². The van der Waals surface area contributed by atoms with E-state index in [1.54, 1.807) is 17.5 Å². The zero-order chi connectivity index (χ0) is 19.4. The lowest BCUT2D eigenvalue weighted by molar-refractivity contribution is -0.113. The number of sulfone groups is 1. The van der Waals surface area contributed by atoms with Crippen LogP contribution in [0.3, 0.4) is 0 Å². The van der Waals surface area contributed by atoms with E-state index in [0.29, 0.717) is 34.5 Å². The van der Waals surface area contributed by atoms with Gasteiger partial charge in [-0.2, -0.15) is 5.26 Å². The number of thioether (sulfide) groups is 1. The van der Waals surface area contributed by atoms with Gasteiger partial charge in [0.1, 0.15) is 16.9 Å². The van der Waals surface area contributed by atoms with Crippen LogP contribution in [0.15, 0.2) is 29.3 Å². The standard InChI is InChI=1S/C16H17N5O3S3/c1-2-5-21-14(12-4-7-27(23,24)10-12)19-20-16(21)26-9-13(22)18-15-11(8-17)3-6-25-15/h2-3,6,12H,1,4-5,7,9-10H2,(H,18,22). The lowest BCUT2D eigenvalue weighted by Gasteiger charge is -2.11. The number of amides is 1. The van der Waals surface area contributed by atoms with Crippen LogP contribution >= 0.6 is 23.1 Å². The molecule has 2 aromatic heterocycles. The van der Waals surface area contributed by atoms with Crippen LogP contribution in [0, 0.1) is 11.3 Å². The van der Waals surface area contributed by atoms with Crippen LogP contribution in [0.25, 0.3) is 0 Å². The molecule has 27 heavy (non-hydrogen) atoms. The first-order valence-corrected chi connectivity index (χ1v) is 11.8. The number of thiophene rings is 1. The molecule has 0 bridgehead atoms. The first kappa shape index (κ1) is 19.6. The van der Waals surface area contributed by atoms with Crippen LogP contribution in [0.1, 0.15) is 23.7 Å². The molecule has 11 heteroatoms. The molecule has 1 amide bonds. The maximum absolute atomic E-state index is 12.2. The fourth-order valence-corrected chi connectivity index (χ4v) is 6.04. The Kier molecular flexibility index (Phi) is 5.98. The number of aromatic nitrogens is 3. The largest absolute Gasteiger partial charge is 0.316 e. The van der Waals surface area contributed by atoms with Gasteiger partial charge in [-0.1, -0.05) is 17.8 Å². The fourth-order valence-electron chi connectivity index (χ4n) is 2.80. The van der Waals surface area contributed by atoms with Gasteiger partial charge in [0, 0.05) is 12.5 Å². The minimum Gasteiger partial charge on any atom is -0.316 e. The second kappa shape index (κ2) is 8.24. The molecule has 8 nitrogen and oxygen atoms in total. The summed E-state index contributed by atoms with van der Waals surface area (Å²) in [5.41, 5.74) is 0.429. The number of nitrogens with zero attached hydrogens (tertiary/aromatic N) is 4. The molecule has 1 N–H and O–H groups in total. The van der Waals surface area contributed by atoms with Gasteiger partial charge in [0.2, 0.25) is 5.91 Å². The molecule has 1 saturated heterocycles. The number of carbonyl (C=O) groups excluding carboxylic acids is 1. The van der Waals surface area contributed by atoms with Gasteiger partial charge in [-0.3, -0.25) is 4.79 Å². The summed E-state index contributed by atoms with van der Waals surface area (Å²) in [7, 11) is -3.03. The SMILES string of the molecule is C=CCn1c(SCC(=O)Nc2sccc2C#N)nnc1C1CCS(=O)(=O)C1. The van der Waals surface area contributed by atoms with E-state index in [-0.39, 0.29) is 29.1 Å². The van der Waals surface area contributed by atoms with Gasteiger partial charge < -0.3 is 9.88 Å². The van der Waals surface area contributed by atoms with E-state index in [9.17, 15) is 13.2 Å². The lowest BCUT2D eigenvalue weighted by atomic mass is 10.1. The van der Waals surface area contributed by atoms with E-state index in [4.69, 9.17) is 5.26 Å².